The van der Waals surface area contributed by atoms with Crippen LogP contribution in [0.15, 0.2) is 18.2 Å². The number of non-ortho nitro benzene ring substituents is 1. The number of carbonyl (C=O) groups is 1. The highest BCUT2D eigenvalue weighted by Gasteiger charge is 2.23. The SMILES string of the molecule is COc1ccc([N+](=O)[O-])cc1NC(=O)CN1C[C@@H](C)C[C@H](C)C1. The molecule has 0 bridgehead atoms. The second kappa shape index (κ2) is 7.41. The number of nitro groups is 1. The van der Waals surface area contributed by atoms with E-state index in [2.05, 4.69) is 24.1 Å². The van der Waals surface area contributed by atoms with E-state index in [0.717, 1.165) is 13.1 Å². The first kappa shape index (κ1) is 17.2. The molecule has 1 aliphatic rings. The number of benzene rings is 1. The number of hydrogen-bond donors (Lipinski definition) is 1. The molecule has 0 spiro atoms. The van der Waals surface area contributed by atoms with E-state index >= 15 is 0 Å². The number of amides is 1. The molecule has 7 heteroatoms. The number of rotatable bonds is 5. The van der Waals surface area contributed by atoms with E-state index in [9.17, 15) is 14.9 Å². The largest absolute Gasteiger partial charge is 0.495 e. The lowest BCUT2D eigenvalue weighted by atomic mass is 9.92. The number of anilines is 1. The van der Waals surface area contributed by atoms with Gasteiger partial charge in [0.2, 0.25) is 5.91 Å². The zero-order valence-electron chi connectivity index (χ0n) is 13.7. The molecule has 1 fully saturated rings. The van der Waals surface area contributed by atoms with Gasteiger partial charge in [-0.3, -0.25) is 19.8 Å². The molecule has 1 aromatic rings. The third-order valence-corrected chi connectivity index (χ3v) is 3.98. The first-order valence-electron chi connectivity index (χ1n) is 7.73. The van der Waals surface area contributed by atoms with Gasteiger partial charge in [-0.2, -0.15) is 0 Å². The Hall–Kier alpha value is -2.15. The molecule has 0 saturated carbocycles. The van der Waals surface area contributed by atoms with Crippen molar-refractivity contribution in [2.75, 3.05) is 32.1 Å². The van der Waals surface area contributed by atoms with E-state index in [1.807, 2.05) is 0 Å². The quantitative estimate of drug-likeness (QED) is 0.665. The molecule has 7 nitrogen and oxygen atoms in total. The van der Waals surface area contributed by atoms with Gasteiger partial charge in [0.05, 0.1) is 24.3 Å². The van der Waals surface area contributed by atoms with Gasteiger partial charge < -0.3 is 10.1 Å². The van der Waals surface area contributed by atoms with Gasteiger partial charge in [-0.05, 0) is 24.3 Å². The first-order valence-corrected chi connectivity index (χ1v) is 7.73. The molecule has 2 rings (SSSR count). The highest BCUT2D eigenvalue weighted by atomic mass is 16.6. The van der Waals surface area contributed by atoms with Crippen molar-refractivity contribution < 1.29 is 14.5 Å². The van der Waals surface area contributed by atoms with Crippen molar-refractivity contribution >= 4 is 17.3 Å². The standard InChI is InChI=1S/C16H23N3O4/c1-11-6-12(2)9-18(8-11)10-16(20)17-14-7-13(19(21)22)4-5-15(14)23-3/h4-5,7,11-12H,6,8-10H2,1-3H3,(H,17,20)/t11-,12-/m0/s1. The zero-order valence-corrected chi connectivity index (χ0v) is 13.7. The van der Waals surface area contributed by atoms with Crippen LogP contribution < -0.4 is 10.1 Å². The topological polar surface area (TPSA) is 84.7 Å². The maximum absolute atomic E-state index is 12.3. The van der Waals surface area contributed by atoms with Crippen LogP contribution in [-0.4, -0.2) is 42.5 Å². The normalized spacial score (nSPS) is 21.7. The van der Waals surface area contributed by atoms with Crippen LogP contribution in [0.4, 0.5) is 11.4 Å². The number of ether oxygens (including phenoxy) is 1. The highest BCUT2D eigenvalue weighted by molar-refractivity contribution is 5.94. The van der Waals surface area contributed by atoms with Crippen LogP contribution in [0.1, 0.15) is 20.3 Å². The molecule has 0 radical (unpaired) electrons. The number of nitrogens with zero attached hydrogens (tertiary/aromatic N) is 2. The van der Waals surface area contributed by atoms with Crippen molar-refractivity contribution in [2.24, 2.45) is 11.8 Å². The van der Waals surface area contributed by atoms with E-state index in [1.165, 1.54) is 31.7 Å². The summed E-state index contributed by atoms with van der Waals surface area (Å²) >= 11 is 0. The second-order valence-electron chi connectivity index (χ2n) is 6.33. The number of nitrogens with one attached hydrogen (secondary N) is 1. The van der Waals surface area contributed by atoms with Gasteiger partial charge in [0, 0.05) is 25.2 Å². The van der Waals surface area contributed by atoms with Crippen LogP contribution in [0, 0.1) is 22.0 Å². The molecule has 1 N–H and O–H groups in total. The Balaban J connectivity index is 2.04. The van der Waals surface area contributed by atoms with Crippen molar-refractivity contribution in [1.29, 1.82) is 0 Å². The van der Waals surface area contributed by atoms with Crippen LogP contribution in [-0.2, 0) is 4.79 Å². The molecule has 1 amide bonds. The van der Waals surface area contributed by atoms with Crippen LogP contribution in [0.5, 0.6) is 5.75 Å². The average Bonchev–Trinajstić information content (AvgIpc) is 2.45. The number of piperidine rings is 1. The molecule has 1 heterocycles. The Bertz CT molecular complexity index is 581. The molecule has 1 aliphatic heterocycles. The highest BCUT2D eigenvalue weighted by Crippen LogP contribution is 2.29. The molecule has 0 aliphatic carbocycles. The summed E-state index contributed by atoms with van der Waals surface area (Å²) < 4.78 is 5.15. The number of nitro benzene ring substituents is 1. The fourth-order valence-corrected chi connectivity index (χ4v) is 3.22. The average molecular weight is 321 g/mol. The summed E-state index contributed by atoms with van der Waals surface area (Å²) in [5.74, 6) is 1.35. The van der Waals surface area contributed by atoms with Gasteiger partial charge in [0.1, 0.15) is 5.75 Å². The van der Waals surface area contributed by atoms with Crippen molar-refractivity contribution in [3.05, 3.63) is 28.3 Å². The second-order valence-corrected chi connectivity index (χ2v) is 6.33. The van der Waals surface area contributed by atoms with E-state index in [0.29, 0.717) is 23.3 Å². The number of carbonyl (C=O) groups excluding carboxylic acids is 1. The summed E-state index contributed by atoms with van der Waals surface area (Å²) in [6.07, 6.45) is 1.18. The van der Waals surface area contributed by atoms with E-state index in [-0.39, 0.29) is 18.1 Å². The Morgan fingerprint density at radius 1 is 1.39 bits per heavy atom. The van der Waals surface area contributed by atoms with Crippen molar-refractivity contribution in [2.45, 2.75) is 20.3 Å². The van der Waals surface area contributed by atoms with Gasteiger partial charge in [0.15, 0.2) is 0 Å². The summed E-state index contributed by atoms with van der Waals surface area (Å²) in [5.41, 5.74) is 0.242. The third kappa shape index (κ3) is 4.66. The van der Waals surface area contributed by atoms with Crippen molar-refractivity contribution in [1.82, 2.24) is 4.90 Å². The minimum Gasteiger partial charge on any atom is -0.495 e. The molecule has 1 aromatic carbocycles. The molecule has 126 valence electrons. The summed E-state index contributed by atoms with van der Waals surface area (Å²) in [4.78, 5) is 24.8. The van der Waals surface area contributed by atoms with E-state index in [1.54, 1.807) is 0 Å². The summed E-state index contributed by atoms with van der Waals surface area (Å²) in [5, 5.41) is 13.6. The van der Waals surface area contributed by atoms with Crippen LogP contribution in [0.3, 0.4) is 0 Å². The number of methoxy groups -OCH3 is 1. The van der Waals surface area contributed by atoms with Crippen molar-refractivity contribution in [3.8, 4) is 5.75 Å². The Morgan fingerprint density at radius 3 is 2.61 bits per heavy atom. The van der Waals surface area contributed by atoms with Crippen LogP contribution >= 0.6 is 0 Å². The van der Waals surface area contributed by atoms with Gasteiger partial charge in [-0.15, -0.1) is 0 Å². The third-order valence-electron chi connectivity index (χ3n) is 3.98. The molecule has 0 unspecified atom stereocenters. The van der Waals surface area contributed by atoms with Gasteiger partial charge >= 0.3 is 0 Å². The minimum absolute atomic E-state index is 0.0821. The van der Waals surface area contributed by atoms with Gasteiger partial charge in [0.25, 0.3) is 5.69 Å². The summed E-state index contributed by atoms with van der Waals surface area (Å²) in [6, 6.07) is 4.15. The van der Waals surface area contributed by atoms with Crippen LogP contribution in [0.2, 0.25) is 0 Å². The Kier molecular flexibility index (Phi) is 5.54. The summed E-state index contributed by atoms with van der Waals surface area (Å²) in [7, 11) is 1.46. The lowest BCUT2D eigenvalue weighted by Gasteiger charge is -2.34. The lowest BCUT2D eigenvalue weighted by Crippen LogP contribution is -2.42. The Morgan fingerprint density at radius 2 is 2.04 bits per heavy atom. The van der Waals surface area contributed by atoms with Crippen LogP contribution in [0.25, 0.3) is 0 Å². The maximum atomic E-state index is 12.3. The van der Waals surface area contributed by atoms with Gasteiger partial charge in [-0.1, -0.05) is 13.8 Å². The smallest absolute Gasteiger partial charge is 0.271 e. The molecule has 2 atom stereocenters. The fraction of sp³-hybridized carbons (Fsp3) is 0.562. The van der Waals surface area contributed by atoms with Gasteiger partial charge in [-0.25, -0.2) is 0 Å². The maximum Gasteiger partial charge on any atom is 0.271 e. The predicted molar refractivity (Wildman–Crippen MR) is 87.7 cm³/mol. The molecule has 23 heavy (non-hydrogen) atoms. The Labute approximate surface area is 135 Å². The van der Waals surface area contributed by atoms with Crippen molar-refractivity contribution in [3.63, 3.8) is 0 Å². The zero-order chi connectivity index (χ0) is 17.0. The molecule has 0 aromatic heterocycles. The molecular formula is C16H23N3O4. The molecule has 1 saturated heterocycles. The summed E-state index contributed by atoms with van der Waals surface area (Å²) in [6.45, 7) is 6.43. The monoisotopic (exact) mass is 321 g/mol. The predicted octanol–water partition coefficient (Wildman–Crippen LogP) is 2.52. The van der Waals surface area contributed by atoms with E-state index in [4.69, 9.17) is 4.74 Å². The van der Waals surface area contributed by atoms with E-state index < -0.39 is 4.92 Å². The number of likely N-dealkylation sites (tertiary alicyclic amines) is 1. The number of hydrogen-bond acceptors (Lipinski definition) is 5. The fourth-order valence-electron chi connectivity index (χ4n) is 3.22. The minimum atomic E-state index is -0.497. The molecular weight excluding hydrogens is 298 g/mol. The first-order chi connectivity index (χ1) is 10.9. The lowest BCUT2D eigenvalue weighted by molar-refractivity contribution is -0.384.